The van der Waals surface area contributed by atoms with E-state index >= 15 is 0 Å². The van der Waals surface area contributed by atoms with Gasteiger partial charge in [0.25, 0.3) is 0 Å². The zero-order valence-corrected chi connectivity index (χ0v) is 10.7. The molecular weight excluding hydrogens is 204 g/mol. The molecule has 0 aromatic rings. The second kappa shape index (κ2) is 6.86. The zero-order chi connectivity index (χ0) is 12.0. The van der Waals surface area contributed by atoms with Gasteiger partial charge in [0.2, 0.25) is 5.91 Å². The lowest BCUT2D eigenvalue weighted by Crippen LogP contribution is -2.47. The molecule has 0 aromatic carbocycles. The summed E-state index contributed by atoms with van der Waals surface area (Å²) in [6.07, 6.45) is 1.32. The molecule has 0 spiro atoms. The van der Waals surface area contributed by atoms with Crippen LogP contribution < -0.4 is 5.32 Å². The average molecular weight is 228 g/mol. The summed E-state index contributed by atoms with van der Waals surface area (Å²) in [5, 5.41) is 2.94. The Morgan fingerprint density at radius 2 is 2.31 bits per heavy atom. The van der Waals surface area contributed by atoms with E-state index in [0.29, 0.717) is 18.6 Å². The molecule has 0 bridgehead atoms. The smallest absolute Gasteiger partial charge is 0.234 e. The van der Waals surface area contributed by atoms with Gasteiger partial charge in [0.05, 0.1) is 19.3 Å². The van der Waals surface area contributed by atoms with Crippen molar-refractivity contribution >= 4 is 5.91 Å². The molecule has 1 heterocycles. The van der Waals surface area contributed by atoms with Crippen LogP contribution in [0.4, 0.5) is 0 Å². The molecule has 1 rings (SSSR count). The van der Waals surface area contributed by atoms with Crippen LogP contribution in [-0.2, 0) is 9.53 Å². The molecule has 1 N–H and O–H groups in total. The number of nitrogens with zero attached hydrogens (tertiary/aromatic N) is 1. The summed E-state index contributed by atoms with van der Waals surface area (Å²) < 4.78 is 5.56. The van der Waals surface area contributed by atoms with Crippen molar-refractivity contribution in [2.75, 3.05) is 32.8 Å². The molecule has 4 heteroatoms. The van der Waals surface area contributed by atoms with Gasteiger partial charge in [-0.25, -0.2) is 0 Å². The van der Waals surface area contributed by atoms with Crippen LogP contribution in [0.2, 0.25) is 0 Å². The van der Waals surface area contributed by atoms with Crippen molar-refractivity contribution in [3.05, 3.63) is 0 Å². The molecule has 1 amide bonds. The quantitative estimate of drug-likeness (QED) is 0.759. The van der Waals surface area contributed by atoms with Crippen LogP contribution in [0.1, 0.15) is 27.2 Å². The van der Waals surface area contributed by atoms with Crippen molar-refractivity contribution in [2.24, 2.45) is 5.92 Å². The van der Waals surface area contributed by atoms with Crippen molar-refractivity contribution in [1.29, 1.82) is 0 Å². The molecule has 94 valence electrons. The minimum Gasteiger partial charge on any atom is -0.376 e. The average Bonchev–Trinajstić information content (AvgIpc) is 2.26. The van der Waals surface area contributed by atoms with Gasteiger partial charge in [-0.3, -0.25) is 9.69 Å². The van der Waals surface area contributed by atoms with Crippen molar-refractivity contribution in [2.45, 2.75) is 33.3 Å². The third kappa shape index (κ3) is 4.94. The predicted octanol–water partition coefficient (Wildman–Crippen LogP) is 0.869. The highest BCUT2D eigenvalue weighted by molar-refractivity contribution is 5.78. The molecule has 0 aliphatic carbocycles. The van der Waals surface area contributed by atoms with E-state index in [1.54, 1.807) is 0 Å². The van der Waals surface area contributed by atoms with E-state index in [0.717, 1.165) is 32.7 Å². The van der Waals surface area contributed by atoms with Crippen molar-refractivity contribution in [3.63, 3.8) is 0 Å². The molecule has 0 unspecified atom stereocenters. The molecule has 0 saturated carbocycles. The first-order chi connectivity index (χ1) is 7.61. The summed E-state index contributed by atoms with van der Waals surface area (Å²) >= 11 is 0. The van der Waals surface area contributed by atoms with Crippen molar-refractivity contribution in [3.8, 4) is 0 Å². The monoisotopic (exact) mass is 228 g/mol. The largest absolute Gasteiger partial charge is 0.376 e. The molecule has 1 atom stereocenters. The van der Waals surface area contributed by atoms with E-state index in [4.69, 9.17) is 4.74 Å². The number of morpholine rings is 1. The van der Waals surface area contributed by atoms with Crippen LogP contribution in [0.3, 0.4) is 0 Å². The Hall–Kier alpha value is -0.610. The fourth-order valence-corrected chi connectivity index (χ4v) is 1.75. The fraction of sp³-hybridized carbons (Fsp3) is 0.917. The SMILES string of the molecule is CC[C@H]1CN(CC(=O)NCC(C)C)CCO1. The Bertz CT molecular complexity index is 219. The predicted molar refractivity (Wildman–Crippen MR) is 64.3 cm³/mol. The van der Waals surface area contributed by atoms with Gasteiger partial charge in [-0.05, 0) is 12.3 Å². The summed E-state index contributed by atoms with van der Waals surface area (Å²) in [6.45, 7) is 10.1. The number of hydrogen-bond acceptors (Lipinski definition) is 3. The fourth-order valence-electron chi connectivity index (χ4n) is 1.75. The Morgan fingerprint density at radius 1 is 1.56 bits per heavy atom. The maximum Gasteiger partial charge on any atom is 0.234 e. The second-order valence-electron chi connectivity index (χ2n) is 4.83. The van der Waals surface area contributed by atoms with E-state index in [1.807, 2.05) is 0 Å². The summed E-state index contributed by atoms with van der Waals surface area (Å²) in [5.74, 6) is 0.641. The molecule has 0 aromatic heterocycles. The van der Waals surface area contributed by atoms with E-state index < -0.39 is 0 Å². The standard InChI is InChI=1S/C12H24N2O2/c1-4-11-8-14(5-6-16-11)9-12(15)13-7-10(2)3/h10-11H,4-9H2,1-3H3,(H,13,15)/t11-/m0/s1. The molecule has 1 aliphatic heterocycles. The van der Waals surface area contributed by atoms with Crippen molar-refractivity contribution < 1.29 is 9.53 Å². The first-order valence-electron chi connectivity index (χ1n) is 6.22. The lowest BCUT2D eigenvalue weighted by Gasteiger charge is -2.31. The van der Waals surface area contributed by atoms with Gasteiger partial charge >= 0.3 is 0 Å². The first kappa shape index (κ1) is 13.5. The second-order valence-corrected chi connectivity index (χ2v) is 4.83. The van der Waals surface area contributed by atoms with Gasteiger partial charge in [-0.15, -0.1) is 0 Å². The highest BCUT2D eigenvalue weighted by Crippen LogP contribution is 2.07. The molecule has 4 nitrogen and oxygen atoms in total. The van der Waals surface area contributed by atoms with Crippen LogP contribution in [0, 0.1) is 5.92 Å². The third-order valence-electron chi connectivity index (χ3n) is 2.75. The normalized spacial score (nSPS) is 22.4. The maximum absolute atomic E-state index is 11.6. The molecule has 1 saturated heterocycles. The number of carbonyl (C=O) groups is 1. The topological polar surface area (TPSA) is 41.6 Å². The van der Waals surface area contributed by atoms with Crippen molar-refractivity contribution in [1.82, 2.24) is 10.2 Å². The van der Waals surface area contributed by atoms with Gasteiger partial charge in [-0.1, -0.05) is 20.8 Å². The Kier molecular flexibility index (Phi) is 5.77. The molecule has 1 fully saturated rings. The van der Waals surface area contributed by atoms with Gasteiger partial charge in [0, 0.05) is 19.6 Å². The Balaban J connectivity index is 2.22. The first-order valence-corrected chi connectivity index (χ1v) is 6.22. The number of rotatable bonds is 5. The number of nitrogens with one attached hydrogen (secondary N) is 1. The molecule has 0 radical (unpaired) electrons. The minimum atomic E-state index is 0.130. The summed E-state index contributed by atoms with van der Waals surface area (Å²) in [5.41, 5.74) is 0. The van der Waals surface area contributed by atoms with Gasteiger partial charge in [0.15, 0.2) is 0 Å². The van der Waals surface area contributed by atoms with E-state index in [9.17, 15) is 4.79 Å². The molecule has 1 aliphatic rings. The highest BCUT2D eigenvalue weighted by atomic mass is 16.5. The highest BCUT2D eigenvalue weighted by Gasteiger charge is 2.20. The molecular formula is C12H24N2O2. The Labute approximate surface area is 98.3 Å². The third-order valence-corrected chi connectivity index (χ3v) is 2.75. The van der Waals surface area contributed by atoms with Gasteiger partial charge < -0.3 is 10.1 Å². The van der Waals surface area contributed by atoms with E-state index in [-0.39, 0.29) is 5.91 Å². The summed E-state index contributed by atoms with van der Waals surface area (Å²) in [4.78, 5) is 13.8. The van der Waals surface area contributed by atoms with Gasteiger partial charge in [-0.2, -0.15) is 0 Å². The van der Waals surface area contributed by atoms with E-state index in [1.165, 1.54) is 0 Å². The summed E-state index contributed by atoms with van der Waals surface area (Å²) in [6, 6.07) is 0. The van der Waals surface area contributed by atoms with E-state index in [2.05, 4.69) is 31.0 Å². The van der Waals surface area contributed by atoms with Crippen LogP contribution in [0.15, 0.2) is 0 Å². The lowest BCUT2D eigenvalue weighted by atomic mass is 10.2. The Morgan fingerprint density at radius 3 is 2.94 bits per heavy atom. The van der Waals surface area contributed by atoms with Gasteiger partial charge in [0.1, 0.15) is 0 Å². The number of hydrogen-bond donors (Lipinski definition) is 1. The number of carbonyl (C=O) groups excluding carboxylic acids is 1. The summed E-state index contributed by atoms with van der Waals surface area (Å²) in [7, 11) is 0. The van der Waals surface area contributed by atoms with Crippen LogP contribution >= 0.6 is 0 Å². The number of ether oxygens (including phenoxy) is 1. The molecule has 16 heavy (non-hydrogen) atoms. The van der Waals surface area contributed by atoms with Crippen LogP contribution in [-0.4, -0.2) is 49.7 Å². The minimum absolute atomic E-state index is 0.130. The number of amides is 1. The lowest BCUT2D eigenvalue weighted by molar-refractivity contribution is -0.124. The van der Waals surface area contributed by atoms with Crippen LogP contribution in [0.25, 0.3) is 0 Å². The zero-order valence-electron chi connectivity index (χ0n) is 10.7. The van der Waals surface area contributed by atoms with Crippen LogP contribution in [0.5, 0.6) is 0 Å². The maximum atomic E-state index is 11.6.